The molecule has 1 fully saturated rings. The minimum absolute atomic E-state index is 0.0813. The van der Waals surface area contributed by atoms with Gasteiger partial charge in [-0.05, 0) is 65.3 Å². The number of benzene rings is 2. The molecule has 4 aromatic rings. The predicted octanol–water partition coefficient (Wildman–Crippen LogP) is 4.09. The van der Waals surface area contributed by atoms with Crippen LogP contribution in [0.25, 0.3) is 10.9 Å². The van der Waals surface area contributed by atoms with Gasteiger partial charge in [0.15, 0.2) is 5.82 Å². The number of fused-ring (bicyclic) bond motifs is 2. The molecular formula is C25H26N6O. The normalized spacial score (nSPS) is 17.2. The van der Waals surface area contributed by atoms with Crippen LogP contribution in [0.15, 0.2) is 53.3 Å². The third-order valence-electron chi connectivity index (χ3n) is 7.08. The van der Waals surface area contributed by atoms with E-state index in [4.69, 9.17) is 0 Å². The molecule has 7 nitrogen and oxygen atoms in total. The van der Waals surface area contributed by atoms with Crippen LogP contribution in [0.5, 0.6) is 0 Å². The van der Waals surface area contributed by atoms with E-state index in [2.05, 4.69) is 55.7 Å². The molecule has 2 aliphatic rings. The first-order valence-electron chi connectivity index (χ1n) is 11.5. The Kier molecular flexibility index (Phi) is 4.56. The van der Waals surface area contributed by atoms with Crippen LogP contribution >= 0.6 is 0 Å². The maximum atomic E-state index is 13.5. The van der Waals surface area contributed by atoms with Gasteiger partial charge in [-0.2, -0.15) is 0 Å². The van der Waals surface area contributed by atoms with Crippen LogP contribution in [-0.4, -0.2) is 31.7 Å². The number of anilines is 1. The van der Waals surface area contributed by atoms with E-state index in [9.17, 15) is 4.79 Å². The number of aromatic amines is 1. The van der Waals surface area contributed by atoms with Crippen LogP contribution in [0.3, 0.4) is 0 Å². The largest absolute Gasteiger partial charge is 0.357 e. The van der Waals surface area contributed by atoms with Gasteiger partial charge < -0.3 is 9.88 Å². The van der Waals surface area contributed by atoms with Crippen molar-refractivity contribution in [3.63, 3.8) is 0 Å². The van der Waals surface area contributed by atoms with Crippen molar-refractivity contribution in [2.45, 2.75) is 51.1 Å². The summed E-state index contributed by atoms with van der Waals surface area (Å²) in [6.07, 6.45) is 5.49. The molecule has 2 aromatic heterocycles. The predicted molar refractivity (Wildman–Crippen MR) is 124 cm³/mol. The molecule has 6 rings (SSSR count). The fraction of sp³-hybridized carbons (Fsp3) is 0.360. The van der Waals surface area contributed by atoms with Crippen LogP contribution in [-0.2, 0) is 6.42 Å². The molecule has 0 saturated heterocycles. The molecule has 0 radical (unpaired) electrons. The fourth-order valence-electron chi connectivity index (χ4n) is 5.47. The molecule has 1 atom stereocenters. The van der Waals surface area contributed by atoms with Crippen LogP contribution in [0.2, 0.25) is 0 Å². The lowest BCUT2D eigenvalue weighted by molar-refractivity contribution is 0.428. The first-order chi connectivity index (χ1) is 15.7. The van der Waals surface area contributed by atoms with Gasteiger partial charge in [0.2, 0.25) is 0 Å². The maximum Gasteiger partial charge on any atom is 0.254 e. The second-order valence-electron chi connectivity index (χ2n) is 8.99. The highest BCUT2D eigenvalue weighted by molar-refractivity contribution is 5.82. The summed E-state index contributed by atoms with van der Waals surface area (Å²) in [6.45, 7) is 2.85. The minimum atomic E-state index is -0.345. The molecule has 0 unspecified atom stereocenters. The lowest BCUT2D eigenvalue weighted by Crippen LogP contribution is -2.34. The van der Waals surface area contributed by atoms with Gasteiger partial charge in [-0.25, -0.2) is 4.68 Å². The van der Waals surface area contributed by atoms with Crippen molar-refractivity contribution >= 4 is 16.6 Å². The molecule has 3 heterocycles. The molecule has 1 aliphatic heterocycles. The number of rotatable bonds is 4. The van der Waals surface area contributed by atoms with E-state index in [0.717, 1.165) is 53.8 Å². The molecule has 0 bridgehead atoms. The summed E-state index contributed by atoms with van der Waals surface area (Å²) < 4.78 is 1.98. The molecular weight excluding hydrogens is 400 g/mol. The van der Waals surface area contributed by atoms with Crippen LogP contribution in [0, 0.1) is 6.92 Å². The van der Waals surface area contributed by atoms with Crippen molar-refractivity contribution in [1.82, 2.24) is 25.2 Å². The Bertz CT molecular complexity index is 1350. The highest BCUT2D eigenvalue weighted by Crippen LogP contribution is 2.39. The van der Waals surface area contributed by atoms with Gasteiger partial charge in [0.25, 0.3) is 5.56 Å². The van der Waals surface area contributed by atoms with Gasteiger partial charge >= 0.3 is 0 Å². The molecule has 1 N–H and O–H groups in total. The third kappa shape index (κ3) is 3.03. The fourth-order valence-corrected chi connectivity index (χ4v) is 5.47. The number of para-hydroxylation sites is 2. The van der Waals surface area contributed by atoms with Crippen LogP contribution in [0.1, 0.15) is 60.3 Å². The van der Waals surface area contributed by atoms with E-state index in [0.29, 0.717) is 11.6 Å². The van der Waals surface area contributed by atoms with E-state index in [1.807, 2.05) is 29.8 Å². The number of tetrazole rings is 1. The Labute approximate surface area is 186 Å². The lowest BCUT2D eigenvalue weighted by Gasteiger charge is -2.30. The van der Waals surface area contributed by atoms with Crippen molar-refractivity contribution in [1.29, 1.82) is 0 Å². The second kappa shape index (κ2) is 7.58. The highest BCUT2D eigenvalue weighted by atomic mass is 16.1. The van der Waals surface area contributed by atoms with Gasteiger partial charge in [0, 0.05) is 17.8 Å². The third-order valence-corrected chi connectivity index (χ3v) is 7.08. The van der Waals surface area contributed by atoms with E-state index in [1.165, 1.54) is 18.4 Å². The van der Waals surface area contributed by atoms with Gasteiger partial charge in [-0.15, -0.1) is 5.10 Å². The topological polar surface area (TPSA) is 79.7 Å². The summed E-state index contributed by atoms with van der Waals surface area (Å²) in [5.74, 6) is 0.756. The Morgan fingerprint density at radius 1 is 1.09 bits per heavy atom. The average molecular weight is 427 g/mol. The molecule has 2 aromatic carbocycles. The zero-order valence-corrected chi connectivity index (χ0v) is 18.2. The van der Waals surface area contributed by atoms with E-state index in [1.54, 1.807) is 0 Å². The first kappa shape index (κ1) is 19.2. The summed E-state index contributed by atoms with van der Waals surface area (Å²) in [5, 5.41) is 14.0. The van der Waals surface area contributed by atoms with Crippen molar-refractivity contribution < 1.29 is 0 Å². The number of aromatic nitrogens is 5. The maximum absolute atomic E-state index is 13.5. The molecule has 32 heavy (non-hydrogen) atoms. The molecule has 162 valence electrons. The number of pyridine rings is 1. The monoisotopic (exact) mass is 426 g/mol. The molecule has 0 spiro atoms. The number of hydrogen-bond acceptors (Lipinski definition) is 5. The van der Waals surface area contributed by atoms with Crippen molar-refractivity contribution in [2.24, 2.45) is 0 Å². The zero-order chi connectivity index (χ0) is 21.7. The lowest BCUT2D eigenvalue weighted by atomic mass is 10.0. The van der Waals surface area contributed by atoms with E-state index in [-0.39, 0.29) is 11.6 Å². The summed E-state index contributed by atoms with van der Waals surface area (Å²) in [5.41, 5.74) is 5.01. The first-order valence-corrected chi connectivity index (χ1v) is 11.5. The quantitative estimate of drug-likeness (QED) is 0.532. The Hall–Kier alpha value is -3.48. The number of aryl methyl sites for hydroxylation is 1. The smallest absolute Gasteiger partial charge is 0.254 e. The van der Waals surface area contributed by atoms with Gasteiger partial charge in [0.05, 0.1) is 11.6 Å². The second-order valence-corrected chi connectivity index (χ2v) is 8.99. The van der Waals surface area contributed by atoms with Gasteiger partial charge in [0.1, 0.15) is 6.04 Å². The average Bonchev–Trinajstić information content (AvgIpc) is 3.56. The van der Waals surface area contributed by atoms with Crippen LogP contribution < -0.4 is 10.5 Å². The summed E-state index contributed by atoms with van der Waals surface area (Å²) >= 11 is 0. The Morgan fingerprint density at radius 3 is 2.81 bits per heavy atom. The number of H-pyrrole nitrogens is 1. The van der Waals surface area contributed by atoms with Crippen molar-refractivity contribution in [2.75, 3.05) is 11.4 Å². The minimum Gasteiger partial charge on any atom is -0.357 e. The van der Waals surface area contributed by atoms with Crippen molar-refractivity contribution in [3.05, 3.63) is 81.4 Å². The summed E-state index contributed by atoms with van der Waals surface area (Å²) in [6, 6.07) is 16.5. The Balaban J connectivity index is 1.57. The molecule has 0 amide bonds. The standard InChI is InChI=1S/C25H26N6O/c1-16-7-6-9-18-15-20(25(32)26-22(16)18)23(30-14-13-17-8-2-5-12-21(17)30)24-27-28-29-31(24)19-10-3-4-11-19/h2,5-9,12,15,19,23H,3-4,10-11,13-14H2,1H3,(H,26,32)/t23-/m0/s1. The van der Waals surface area contributed by atoms with Gasteiger partial charge in [-0.3, -0.25) is 4.79 Å². The molecule has 1 aliphatic carbocycles. The van der Waals surface area contributed by atoms with E-state index >= 15 is 0 Å². The summed E-state index contributed by atoms with van der Waals surface area (Å²) in [4.78, 5) is 18.9. The Morgan fingerprint density at radius 2 is 1.94 bits per heavy atom. The highest BCUT2D eigenvalue weighted by Gasteiger charge is 2.36. The molecule has 7 heteroatoms. The number of hydrogen-bond donors (Lipinski definition) is 1. The van der Waals surface area contributed by atoms with Crippen LogP contribution in [0.4, 0.5) is 5.69 Å². The SMILES string of the molecule is Cc1cccc2cc([C@@H](c3nnnn3C3CCCC3)N3CCc4ccccc43)c(=O)[nH]c12. The van der Waals surface area contributed by atoms with Gasteiger partial charge in [-0.1, -0.05) is 49.2 Å². The number of nitrogens with zero attached hydrogens (tertiary/aromatic N) is 5. The summed E-state index contributed by atoms with van der Waals surface area (Å²) in [7, 11) is 0. The molecule has 1 saturated carbocycles. The van der Waals surface area contributed by atoms with E-state index < -0.39 is 0 Å². The van der Waals surface area contributed by atoms with Crippen molar-refractivity contribution in [3.8, 4) is 0 Å². The zero-order valence-electron chi connectivity index (χ0n) is 18.2. The number of nitrogens with one attached hydrogen (secondary N) is 1.